The Morgan fingerprint density at radius 2 is 1.33 bits per heavy atom. The van der Waals surface area contributed by atoms with E-state index in [0.29, 0.717) is 0 Å². The van der Waals surface area contributed by atoms with Crippen LogP contribution in [0, 0.1) is 0 Å². The van der Waals surface area contributed by atoms with E-state index in [0.717, 1.165) is 0 Å². The smallest absolute Gasteiger partial charge is 0.0235 e. The van der Waals surface area contributed by atoms with E-state index in [9.17, 15) is 0 Å². The summed E-state index contributed by atoms with van der Waals surface area (Å²) in [5.74, 6) is 0. The number of hydrogen-bond donors (Lipinski definition) is 0. The van der Waals surface area contributed by atoms with Gasteiger partial charge in [-0.1, -0.05) is 24.3 Å². The van der Waals surface area contributed by atoms with Crippen molar-refractivity contribution in [2.75, 3.05) is 0 Å². The molecule has 0 bridgehead atoms. The number of aryl methyl sites for hydroxylation is 2. The summed E-state index contributed by atoms with van der Waals surface area (Å²) < 4.78 is 0. The van der Waals surface area contributed by atoms with Crippen molar-refractivity contribution >= 4 is 12.4 Å². The van der Waals surface area contributed by atoms with Gasteiger partial charge in [-0.15, -0.1) is 12.4 Å². The van der Waals surface area contributed by atoms with Crippen molar-refractivity contribution in [3.8, 4) is 0 Å². The van der Waals surface area contributed by atoms with E-state index < -0.39 is 0 Å². The van der Waals surface area contributed by atoms with Crippen molar-refractivity contribution in [2.24, 2.45) is 0 Å². The van der Waals surface area contributed by atoms with Crippen LogP contribution in [0.3, 0.4) is 0 Å². The molecule has 0 unspecified atom stereocenters. The number of benzene rings is 1. The minimum absolute atomic E-state index is 0. The highest BCUT2D eigenvalue weighted by molar-refractivity contribution is 5.85. The van der Waals surface area contributed by atoms with Gasteiger partial charge in [0.2, 0.25) is 0 Å². The summed E-state index contributed by atoms with van der Waals surface area (Å²) >= 11 is 0. The topological polar surface area (TPSA) is 0 Å². The summed E-state index contributed by atoms with van der Waals surface area (Å²) in [5.41, 5.74) is 3.10. The lowest BCUT2D eigenvalue weighted by molar-refractivity contribution is 0.839. The summed E-state index contributed by atoms with van der Waals surface area (Å²) in [6.45, 7) is 0. The van der Waals surface area contributed by atoms with E-state index in [4.69, 9.17) is 0 Å². The fourth-order valence-corrected chi connectivity index (χ4v) is 1.14. The van der Waals surface area contributed by atoms with E-state index >= 15 is 0 Å². The third-order valence-electron chi connectivity index (χ3n) is 1.78. The van der Waals surface area contributed by atoms with E-state index in [1.807, 2.05) is 0 Å². The molecule has 1 aliphatic carbocycles. The van der Waals surface area contributed by atoms with Crippen LogP contribution in [-0.2, 0) is 12.8 Å². The molecule has 0 atom stereocenters. The van der Waals surface area contributed by atoms with E-state index in [1.165, 1.54) is 12.8 Å². The Morgan fingerprint density at radius 1 is 0.889 bits per heavy atom. The molecule has 0 fully saturated rings. The Labute approximate surface area is 61.3 Å². The van der Waals surface area contributed by atoms with Gasteiger partial charge in [-0.25, -0.2) is 0 Å². The molecule has 0 saturated carbocycles. The first-order valence-corrected chi connectivity index (χ1v) is 3.03. The average Bonchev–Trinajstić information content (AvgIpc) is 1.72. The van der Waals surface area contributed by atoms with E-state index in [-0.39, 0.29) is 12.4 Å². The molecule has 0 radical (unpaired) electrons. The first-order chi connectivity index (χ1) is 3.97. The predicted octanol–water partition coefficient (Wildman–Crippen LogP) is 2.21. The molecule has 48 valence electrons. The van der Waals surface area contributed by atoms with Gasteiger partial charge < -0.3 is 0 Å². The molecule has 1 aliphatic rings. The van der Waals surface area contributed by atoms with Crippen molar-refractivity contribution in [2.45, 2.75) is 12.8 Å². The lowest BCUT2D eigenvalue weighted by Crippen LogP contribution is -2.06. The number of rotatable bonds is 0. The predicted molar refractivity (Wildman–Crippen MR) is 41.1 cm³/mol. The minimum Gasteiger partial charge on any atom is -0.147 e. The van der Waals surface area contributed by atoms with Crippen LogP contribution in [0.25, 0.3) is 0 Å². The highest BCUT2D eigenvalue weighted by atomic mass is 35.5. The molecule has 0 aliphatic heterocycles. The Hall–Kier alpha value is -0.490. The summed E-state index contributed by atoms with van der Waals surface area (Å²) in [7, 11) is 0. The van der Waals surface area contributed by atoms with Crippen molar-refractivity contribution in [3.63, 3.8) is 0 Å². The van der Waals surface area contributed by atoms with Crippen LogP contribution in [0.2, 0.25) is 0 Å². The van der Waals surface area contributed by atoms with Crippen LogP contribution < -0.4 is 0 Å². The first-order valence-electron chi connectivity index (χ1n) is 3.03. The summed E-state index contributed by atoms with van der Waals surface area (Å²) in [5, 5.41) is 0. The fraction of sp³-hybridized carbons (Fsp3) is 0.250. The maximum atomic E-state index is 2.21. The van der Waals surface area contributed by atoms with E-state index in [1.54, 1.807) is 11.1 Å². The molecular formula is C8H9Cl. The Balaban J connectivity index is 0.000000405. The SMILES string of the molecule is Cl.c1ccc2c(c1)CC2. The normalized spacial score (nSPS) is 12.9. The van der Waals surface area contributed by atoms with Crippen molar-refractivity contribution in [1.29, 1.82) is 0 Å². The molecular weight excluding hydrogens is 132 g/mol. The van der Waals surface area contributed by atoms with Crippen molar-refractivity contribution in [3.05, 3.63) is 35.4 Å². The van der Waals surface area contributed by atoms with E-state index in [2.05, 4.69) is 24.3 Å². The van der Waals surface area contributed by atoms with Gasteiger partial charge in [0.15, 0.2) is 0 Å². The average molecular weight is 141 g/mol. The zero-order chi connectivity index (χ0) is 5.40. The number of hydrogen-bond acceptors (Lipinski definition) is 0. The third-order valence-corrected chi connectivity index (χ3v) is 1.78. The molecule has 0 aromatic heterocycles. The van der Waals surface area contributed by atoms with Crippen LogP contribution >= 0.6 is 12.4 Å². The van der Waals surface area contributed by atoms with Gasteiger partial charge in [0.25, 0.3) is 0 Å². The Bertz CT molecular complexity index is 182. The second-order valence-electron chi connectivity index (χ2n) is 2.27. The maximum Gasteiger partial charge on any atom is -0.0235 e. The van der Waals surface area contributed by atoms with Gasteiger partial charge in [-0.05, 0) is 24.0 Å². The largest absolute Gasteiger partial charge is 0.147 e. The zero-order valence-electron chi connectivity index (χ0n) is 5.13. The summed E-state index contributed by atoms with van der Waals surface area (Å²) in [6, 6.07) is 8.63. The lowest BCUT2D eigenvalue weighted by Gasteiger charge is -2.16. The van der Waals surface area contributed by atoms with Gasteiger partial charge in [-0.2, -0.15) is 0 Å². The molecule has 1 aromatic rings. The Morgan fingerprint density at radius 3 is 1.56 bits per heavy atom. The monoisotopic (exact) mass is 140 g/mol. The van der Waals surface area contributed by atoms with Gasteiger partial charge in [0.1, 0.15) is 0 Å². The second kappa shape index (κ2) is 2.40. The van der Waals surface area contributed by atoms with Crippen LogP contribution in [0.5, 0.6) is 0 Å². The highest BCUT2D eigenvalue weighted by Gasteiger charge is 2.09. The van der Waals surface area contributed by atoms with Gasteiger partial charge in [0, 0.05) is 0 Å². The third kappa shape index (κ3) is 0.948. The molecule has 0 saturated heterocycles. The first kappa shape index (κ1) is 6.63. The van der Waals surface area contributed by atoms with Crippen molar-refractivity contribution < 1.29 is 0 Å². The fourth-order valence-electron chi connectivity index (χ4n) is 1.14. The lowest BCUT2D eigenvalue weighted by atomic mass is 9.89. The summed E-state index contributed by atoms with van der Waals surface area (Å²) in [6.07, 6.45) is 2.60. The summed E-state index contributed by atoms with van der Waals surface area (Å²) in [4.78, 5) is 0. The van der Waals surface area contributed by atoms with Gasteiger partial charge >= 0.3 is 0 Å². The maximum absolute atomic E-state index is 2.21. The molecule has 2 rings (SSSR count). The molecule has 9 heavy (non-hydrogen) atoms. The Kier molecular flexibility index (Phi) is 1.77. The molecule has 0 N–H and O–H groups in total. The standard InChI is InChI=1S/C8H8.ClH/c1-2-4-8-6-5-7(8)3-1;/h1-4H,5-6H2;1H. The molecule has 0 nitrogen and oxygen atoms in total. The van der Waals surface area contributed by atoms with Crippen LogP contribution in [-0.4, -0.2) is 0 Å². The second-order valence-corrected chi connectivity index (χ2v) is 2.27. The van der Waals surface area contributed by atoms with Crippen LogP contribution in [0.4, 0.5) is 0 Å². The molecule has 1 aromatic carbocycles. The molecule has 0 amide bonds. The van der Waals surface area contributed by atoms with Crippen molar-refractivity contribution in [1.82, 2.24) is 0 Å². The highest BCUT2D eigenvalue weighted by Crippen LogP contribution is 2.20. The minimum atomic E-state index is 0. The van der Waals surface area contributed by atoms with Crippen LogP contribution in [0.1, 0.15) is 11.1 Å². The molecule has 0 heterocycles. The number of fused-ring (bicyclic) bond motifs is 1. The van der Waals surface area contributed by atoms with Gasteiger partial charge in [0.05, 0.1) is 0 Å². The van der Waals surface area contributed by atoms with Crippen LogP contribution in [0.15, 0.2) is 24.3 Å². The zero-order valence-corrected chi connectivity index (χ0v) is 5.95. The molecule has 1 heteroatoms. The molecule has 0 spiro atoms. The van der Waals surface area contributed by atoms with Gasteiger partial charge in [-0.3, -0.25) is 0 Å². The quantitative estimate of drug-likeness (QED) is 0.519. The number of halogens is 1.